The third-order valence-corrected chi connectivity index (χ3v) is 4.21. The SMILES string of the molecule is Cc1cccc(NC(=O)C(C)Nc2ccccc2COc2ccccc2)c1. The van der Waals surface area contributed by atoms with Gasteiger partial charge in [0, 0.05) is 16.9 Å². The average molecular weight is 360 g/mol. The van der Waals surface area contributed by atoms with Gasteiger partial charge in [0.25, 0.3) is 0 Å². The Balaban J connectivity index is 1.63. The van der Waals surface area contributed by atoms with E-state index in [0.717, 1.165) is 28.3 Å². The fraction of sp³-hybridized carbons (Fsp3) is 0.174. The molecule has 0 radical (unpaired) electrons. The first-order chi connectivity index (χ1) is 13.1. The average Bonchev–Trinajstić information content (AvgIpc) is 2.68. The van der Waals surface area contributed by atoms with Crippen molar-refractivity contribution in [1.29, 1.82) is 0 Å². The molecule has 0 aliphatic heterocycles. The monoisotopic (exact) mass is 360 g/mol. The maximum absolute atomic E-state index is 12.5. The minimum absolute atomic E-state index is 0.0839. The number of carbonyl (C=O) groups is 1. The first-order valence-corrected chi connectivity index (χ1v) is 9.01. The van der Waals surface area contributed by atoms with Crippen LogP contribution in [0.15, 0.2) is 78.9 Å². The molecule has 138 valence electrons. The topological polar surface area (TPSA) is 50.4 Å². The van der Waals surface area contributed by atoms with Crippen molar-refractivity contribution >= 4 is 17.3 Å². The van der Waals surface area contributed by atoms with Crippen LogP contribution in [-0.2, 0) is 11.4 Å². The van der Waals surface area contributed by atoms with Gasteiger partial charge in [-0.3, -0.25) is 4.79 Å². The Labute approximate surface area is 160 Å². The van der Waals surface area contributed by atoms with E-state index in [0.29, 0.717) is 6.61 Å². The Hall–Kier alpha value is -3.27. The third-order valence-electron chi connectivity index (χ3n) is 4.21. The Morgan fingerprint density at radius 1 is 0.963 bits per heavy atom. The molecule has 0 heterocycles. The standard InChI is InChI=1S/C23H24N2O2/c1-17-9-8-11-20(15-17)25-23(26)18(2)24-22-14-7-6-10-19(22)16-27-21-12-4-3-5-13-21/h3-15,18,24H,16H2,1-2H3,(H,25,26). The van der Waals surface area contributed by atoms with Gasteiger partial charge in [0.05, 0.1) is 0 Å². The van der Waals surface area contributed by atoms with E-state index in [9.17, 15) is 4.79 Å². The molecule has 0 fully saturated rings. The van der Waals surface area contributed by atoms with Crippen LogP contribution >= 0.6 is 0 Å². The Bertz CT molecular complexity index is 894. The van der Waals surface area contributed by atoms with E-state index in [1.807, 2.05) is 92.7 Å². The minimum Gasteiger partial charge on any atom is -0.489 e. The summed E-state index contributed by atoms with van der Waals surface area (Å²) >= 11 is 0. The van der Waals surface area contributed by atoms with Crippen LogP contribution in [-0.4, -0.2) is 11.9 Å². The van der Waals surface area contributed by atoms with E-state index in [1.165, 1.54) is 0 Å². The van der Waals surface area contributed by atoms with Crippen LogP contribution in [0.5, 0.6) is 5.75 Å². The van der Waals surface area contributed by atoms with Crippen molar-refractivity contribution in [3.05, 3.63) is 90.0 Å². The normalized spacial score (nSPS) is 11.5. The first kappa shape index (κ1) is 18.5. The highest BCUT2D eigenvalue weighted by molar-refractivity contribution is 5.96. The maximum atomic E-state index is 12.5. The molecule has 0 aliphatic carbocycles. The largest absolute Gasteiger partial charge is 0.489 e. The lowest BCUT2D eigenvalue weighted by atomic mass is 10.1. The summed E-state index contributed by atoms with van der Waals surface area (Å²) in [5.74, 6) is 0.733. The van der Waals surface area contributed by atoms with Gasteiger partial charge >= 0.3 is 0 Å². The molecular weight excluding hydrogens is 336 g/mol. The van der Waals surface area contributed by atoms with Crippen LogP contribution in [0, 0.1) is 6.92 Å². The van der Waals surface area contributed by atoms with Crippen molar-refractivity contribution in [2.24, 2.45) is 0 Å². The summed E-state index contributed by atoms with van der Waals surface area (Å²) in [6, 6.07) is 24.9. The molecule has 1 atom stereocenters. The highest BCUT2D eigenvalue weighted by Crippen LogP contribution is 2.20. The second-order valence-electron chi connectivity index (χ2n) is 6.48. The lowest BCUT2D eigenvalue weighted by Gasteiger charge is -2.18. The van der Waals surface area contributed by atoms with Gasteiger partial charge < -0.3 is 15.4 Å². The summed E-state index contributed by atoms with van der Waals surface area (Å²) in [5, 5.41) is 6.24. The number of anilines is 2. The van der Waals surface area contributed by atoms with E-state index >= 15 is 0 Å². The smallest absolute Gasteiger partial charge is 0.246 e. The highest BCUT2D eigenvalue weighted by atomic mass is 16.5. The summed E-state index contributed by atoms with van der Waals surface area (Å²) in [4.78, 5) is 12.5. The van der Waals surface area contributed by atoms with Gasteiger partial charge in [-0.25, -0.2) is 0 Å². The molecule has 1 unspecified atom stereocenters. The molecule has 3 aromatic carbocycles. The fourth-order valence-corrected chi connectivity index (χ4v) is 2.74. The molecule has 0 aliphatic rings. The second-order valence-corrected chi connectivity index (χ2v) is 6.48. The van der Waals surface area contributed by atoms with Crippen molar-refractivity contribution in [1.82, 2.24) is 0 Å². The van der Waals surface area contributed by atoms with Crippen LogP contribution in [0.2, 0.25) is 0 Å². The minimum atomic E-state index is -0.386. The van der Waals surface area contributed by atoms with E-state index in [1.54, 1.807) is 0 Å². The lowest BCUT2D eigenvalue weighted by molar-refractivity contribution is -0.116. The number of nitrogens with one attached hydrogen (secondary N) is 2. The van der Waals surface area contributed by atoms with E-state index in [2.05, 4.69) is 10.6 Å². The van der Waals surface area contributed by atoms with Crippen LogP contribution < -0.4 is 15.4 Å². The van der Waals surface area contributed by atoms with Crippen molar-refractivity contribution in [3.63, 3.8) is 0 Å². The predicted molar refractivity (Wildman–Crippen MR) is 110 cm³/mol. The Morgan fingerprint density at radius 3 is 2.48 bits per heavy atom. The van der Waals surface area contributed by atoms with Crippen LogP contribution in [0.25, 0.3) is 0 Å². The highest BCUT2D eigenvalue weighted by Gasteiger charge is 2.14. The van der Waals surface area contributed by atoms with Gasteiger partial charge in [-0.05, 0) is 49.7 Å². The molecule has 0 aromatic heterocycles. The lowest BCUT2D eigenvalue weighted by Crippen LogP contribution is -2.32. The summed E-state index contributed by atoms with van der Waals surface area (Å²) in [5.41, 5.74) is 3.79. The fourth-order valence-electron chi connectivity index (χ4n) is 2.74. The Kier molecular flexibility index (Phi) is 6.10. The molecule has 0 spiro atoms. The van der Waals surface area contributed by atoms with Gasteiger partial charge in [0.15, 0.2) is 0 Å². The molecule has 27 heavy (non-hydrogen) atoms. The molecule has 3 aromatic rings. The quantitative estimate of drug-likeness (QED) is 0.622. The predicted octanol–water partition coefficient (Wildman–Crippen LogP) is 5.01. The number of para-hydroxylation sites is 2. The van der Waals surface area contributed by atoms with E-state index < -0.39 is 0 Å². The number of benzene rings is 3. The van der Waals surface area contributed by atoms with Crippen LogP contribution in [0.1, 0.15) is 18.1 Å². The van der Waals surface area contributed by atoms with Gasteiger partial charge in [0.1, 0.15) is 18.4 Å². The molecular formula is C23H24N2O2. The molecule has 0 saturated carbocycles. The van der Waals surface area contributed by atoms with E-state index in [4.69, 9.17) is 4.74 Å². The third kappa shape index (κ3) is 5.35. The maximum Gasteiger partial charge on any atom is 0.246 e. The van der Waals surface area contributed by atoms with Crippen molar-refractivity contribution < 1.29 is 9.53 Å². The molecule has 4 heteroatoms. The number of hydrogen-bond donors (Lipinski definition) is 2. The number of ether oxygens (including phenoxy) is 1. The zero-order valence-corrected chi connectivity index (χ0v) is 15.6. The van der Waals surface area contributed by atoms with Crippen LogP contribution in [0.4, 0.5) is 11.4 Å². The van der Waals surface area contributed by atoms with Gasteiger partial charge in [-0.15, -0.1) is 0 Å². The number of amides is 1. The van der Waals surface area contributed by atoms with Crippen LogP contribution in [0.3, 0.4) is 0 Å². The van der Waals surface area contributed by atoms with Crippen molar-refractivity contribution in [3.8, 4) is 5.75 Å². The number of aryl methyl sites for hydroxylation is 1. The molecule has 0 saturated heterocycles. The first-order valence-electron chi connectivity index (χ1n) is 9.01. The number of rotatable bonds is 7. The van der Waals surface area contributed by atoms with Gasteiger partial charge in [-0.2, -0.15) is 0 Å². The van der Waals surface area contributed by atoms with Crippen molar-refractivity contribution in [2.45, 2.75) is 26.5 Å². The zero-order chi connectivity index (χ0) is 19.1. The Morgan fingerprint density at radius 2 is 1.70 bits per heavy atom. The summed E-state index contributed by atoms with van der Waals surface area (Å²) < 4.78 is 5.84. The number of hydrogen-bond acceptors (Lipinski definition) is 3. The molecule has 0 bridgehead atoms. The number of carbonyl (C=O) groups excluding carboxylic acids is 1. The van der Waals surface area contributed by atoms with Crippen molar-refractivity contribution in [2.75, 3.05) is 10.6 Å². The summed E-state index contributed by atoms with van der Waals surface area (Å²) in [6.07, 6.45) is 0. The molecule has 1 amide bonds. The van der Waals surface area contributed by atoms with Gasteiger partial charge in [-0.1, -0.05) is 48.5 Å². The van der Waals surface area contributed by atoms with Gasteiger partial charge in [0.2, 0.25) is 5.91 Å². The summed E-state index contributed by atoms with van der Waals surface area (Å²) in [6.45, 7) is 4.28. The van der Waals surface area contributed by atoms with E-state index in [-0.39, 0.29) is 11.9 Å². The molecule has 3 rings (SSSR count). The molecule has 2 N–H and O–H groups in total. The molecule has 4 nitrogen and oxygen atoms in total. The summed E-state index contributed by atoms with van der Waals surface area (Å²) in [7, 11) is 0. The second kappa shape index (κ2) is 8.90. The zero-order valence-electron chi connectivity index (χ0n) is 15.6.